The number of benzene rings is 2. The molecule has 2 aliphatic heterocycles. The number of nitrogens with zero attached hydrogens (tertiary/aromatic N) is 8. The Morgan fingerprint density at radius 1 is 0.650 bits per heavy atom. The van der Waals surface area contributed by atoms with Crippen molar-refractivity contribution in [2.45, 2.75) is 79.1 Å². The second-order valence-electron chi connectivity index (χ2n) is 16.3. The Hall–Kier alpha value is -5.46. The second kappa shape index (κ2) is 20.7. The Kier molecular flexibility index (Phi) is 14.7. The van der Waals surface area contributed by atoms with Crippen molar-refractivity contribution in [1.82, 2.24) is 38.9 Å². The fourth-order valence-corrected chi connectivity index (χ4v) is 8.46. The van der Waals surface area contributed by atoms with Crippen LogP contribution in [0.4, 0.5) is 0 Å². The van der Waals surface area contributed by atoms with Crippen molar-refractivity contribution in [3.63, 3.8) is 0 Å². The van der Waals surface area contributed by atoms with Crippen LogP contribution in [0.2, 0.25) is 0 Å². The van der Waals surface area contributed by atoms with E-state index in [1.54, 1.807) is 45.9 Å². The summed E-state index contributed by atoms with van der Waals surface area (Å²) in [4.78, 5) is 48.7. The number of pyridine rings is 2. The molecule has 12 heteroatoms. The van der Waals surface area contributed by atoms with E-state index in [1.165, 1.54) is 51.9 Å². The molecule has 0 radical (unpaired) electrons. The minimum absolute atomic E-state index is 0.0885. The highest BCUT2D eigenvalue weighted by Crippen LogP contribution is 2.21. The quantitative estimate of drug-likeness (QED) is 0.101. The van der Waals surface area contributed by atoms with Gasteiger partial charge in [-0.1, -0.05) is 27.7 Å². The van der Waals surface area contributed by atoms with E-state index in [4.69, 9.17) is 9.47 Å². The highest BCUT2D eigenvalue weighted by Gasteiger charge is 2.18. The largest absolute Gasteiger partial charge is 0.494 e. The Labute approximate surface area is 353 Å². The molecule has 4 aromatic heterocycles. The van der Waals surface area contributed by atoms with Gasteiger partial charge in [0.15, 0.2) is 5.65 Å². The molecule has 0 aliphatic carbocycles. The zero-order chi connectivity index (χ0) is 41.8. The summed E-state index contributed by atoms with van der Waals surface area (Å²) in [5.74, 6) is 4.71. The van der Waals surface area contributed by atoms with E-state index in [2.05, 4.69) is 43.6 Å². The summed E-state index contributed by atoms with van der Waals surface area (Å²) in [6.45, 7) is 17.1. The van der Waals surface area contributed by atoms with E-state index < -0.39 is 0 Å². The van der Waals surface area contributed by atoms with Crippen LogP contribution in [-0.2, 0) is 12.8 Å². The number of aryl methyl sites for hydroxylation is 2. The molecule has 316 valence electrons. The monoisotopic (exact) mass is 812 g/mol. The van der Waals surface area contributed by atoms with Gasteiger partial charge in [0.1, 0.15) is 23.1 Å². The molecule has 2 aliphatic rings. The van der Waals surface area contributed by atoms with Gasteiger partial charge >= 0.3 is 0 Å². The van der Waals surface area contributed by atoms with E-state index in [9.17, 15) is 9.59 Å². The van der Waals surface area contributed by atoms with E-state index in [-0.39, 0.29) is 11.1 Å². The molecule has 0 saturated carbocycles. The van der Waals surface area contributed by atoms with Gasteiger partial charge in [-0.2, -0.15) is 0 Å². The molecular weight excluding hydrogens is 753 g/mol. The molecule has 0 N–H and O–H groups in total. The average Bonchev–Trinajstić information content (AvgIpc) is 3.27. The maximum absolute atomic E-state index is 13.0. The minimum Gasteiger partial charge on any atom is -0.494 e. The van der Waals surface area contributed by atoms with Crippen LogP contribution in [0.5, 0.6) is 11.5 Å². The fourth-order valence-electron chi connectivity index (χ4n) is 8.46. The van der Waals surface area contributed by atoms with Crippen LogP contribution in [0.1, 0.15) is 77.9 Å². The van der Waals surface area contributed by atoms with Gasteiger partial charge in [0.05, 0.1) is 40.9 Å². The van der Waals surface area contributed by atoms with Gasteiger partial charge in [0, 0.05) is 57.6 Å². The molecule has 60 heavy (non-hydrogen) atoms. The number of piperidine rings is 2. The summed E-state index contributed by atoms with van der Waals surface area (Å²) in [6.07, 6.45) is 13.6. The molecule has 12 nitrogen and oxygen atoms in total. The van der Waals surface area contributed by atoms with Crippen molar-refractivity contribution in [3.8, 4) is 22.9 Å². The van der Waals surface area contributed by atoms with Crippen molar-refractivity contribution in [3.05, 3.63) is 118 Å². The number of likely N-dealkylation sites (tertiary alicyclic amines) is 2. The fraction of sp³-hybridized carbons (Fsp3) is 0.458. The summed E-state index contributed by atoms with van der Waals surface area (Å²) in [6, 6.07) is 20.7. The lowest BCUT2D eigenvalue weighted by molar-refractivity contribution is 0.170. The van der Waals surface area contributed by atoms with Gasteiger partial charge in [-0.3, -0.25) is 23.7 Å². The zero-order valence-electron chi connectivity index (χ0n) is 35.8. The minimum atomic E-state index is -0.0885. The molecule has 8 rings (SSSR count). The topological polar surface area (TPSA) is 121 Å². The first-order chi connectivity index (χ1) is 29.3. The number of aromatic nitrogens is 6. The predicted octanol–water partition coefficient (Wildman–Crippen LogP) is 7.69. The van der Waals surface area contributed by atoms with Crippen LogP contribution in [0.25, 0.3) is 33.3 Å². The van der Waals surface area contributed by atoms with E-state index in [0.29, 0.717) is 53.8 Å². The van der Waals surface area contributed by atoms with Crippen LogP contribution in [-0.4, -0.2) is 91.4 Å². The highest BCUT2D eigenvalue weighted by molar-refractivity contribution is 5.76. The molecule has 0 amide bonds. The maximum atomic E-state index is 13.0. The normalized spacial score (nSPS) is 17.3. The first-order valence-electron chi connectivity index (χ1n) is 21.9. The van der Waals surface area contributed by atoms with Gasteiger partial charge < -0.3 is 19.3 Å². The molecule has 0 unspecified atom stereocenters. The molecule has 2 saturated heterocycles. The van der Waals surface area contributed by atoms with E-state index >= 15 is 0 Å². The van der Waals surface area contributed by atoms with Crippen molar-refractivity contribution < 1.29 is 9.47 Å². The first kappa shape index (κ1) is 42.7. The zero-order valence-corrected chi connectivity index (χ0v) is 35.8. The number of fused-ring (bicyclic) bond motifs is 2. The van der Waals surface area contributed by atoms with Crippen molar-refractivity contribution >= 4 is 21.9 Å². The van der Waals surface area contributed by atoms with Crippen molar-refractivity contribution in [2.75, 3.05) is 52.5 Å². The van der Waals surface area contributed by atoms with Crippen LogP contribution in [0.3, 0.4) is 0 Å². The van der Waals surface area contributed by atoms with Crippen molar-refractivity contribution in [1.29, 1.82) is 0 Å². The lowest BCUT2D eigenvalue weighted by Gasteiger charge is -2.30. The number of hydrogen-bond acceptors (Lipinski definition) is 10. The Bertz CT molecular complexity index is 2260. The Balaban J connectivity index is 0.000000181. The number of rotatable bonds is 14. The second-order valence-corrected chi connectivity index (χ2v) is 16.3. The SMILES string of the molecule is CCc1nc2ccncc2c(=O)n1-c1ccc(OCCCN2CCC[C@H](C)C2)cc1.CCc1nc2ncccc2c(=O)n1-c1ccc(OCCCN2CCC[C@H](C)C2)cc1. The average molecular weight is 813 g/mol. The van der Waals surface area contributed by atoms with Gasteiger partial charge in [-0.15, -0.1) is 0 Å². The third kappa shape index (κ3) is 10.6. The van der Waals surface area contributed by atoms with Gasteiger partial charge in [0.2, 0.25) is 0 Å². The lowest BCUT2D eigenvalue weighted by atomic mass is 10.0. The molecule has 0 spiro atoms. The summed E-state index contributed by atoms with van der Waals surface area (Å²) in [7, 11) is 0. The summed E-state index contributed by atoms with van der Waals surface area (Å²) in [5, 5.41) is 1.06. The highest BCUT2D eigenvalue weighted by atomic mass is 16.5. The van der Waals surface area contributed by atoms with Crippen molar-refractivity contribution in [2.24, 2.45) is 11.8 Å². The maximum Gasteiger partial charge on any atom is 0.267 e. The smallest absolute Gasteiger partial charge is 0.267 e. The third-order valence-electron chi connectivity index (χ3n) is 11.5. The third-order valence-corrected chi connectivity index (χ3v) is 11.5. The van der Waals surface area contributed by atoms with Gasteiger partial charge in [0.25, 0.3) is 11.1 Å². The van der Waals surface area contributed by atoms with E-state index in [0.717, 1.165) is 66.5 Å². The number of ether oxygens (including phenoxy) is 2. The standard InChI is InChI=1S/2C24H30N4O2/c1-3-22-26-23-21(8-4-13-25-23)24(29)28(22)19-9-11-20(12-10-19)30-16-6-15-27-14-5-7-18(2)17-27;1-3-23-26-22-11-12-25-16-21(22)24(29)28(23)19-7-9-20(10-8-19)30-15-5-14-27-13-4-6-18(2)17-27/h4,8-13,18H,3,5-7,14-17H2,1-2H3;7-12,16,18H,3-6,13-15,17H2,1-2H3/t2*18-/m00/s1. The molecule has 2 aromatic carbocycles. The Morgan fingerprint density at radius 2 is 1.18 bits per heavy atom. The Morgan fingerprint density at radius 3 is 1.72 bits per heavy atom. The lowest BCUT2D eigenvalue weighted by Crippen LogP contribution is -2.35. The molecule has 0 bridgehead atoms. The predicted molar refractivity (Wildman–Crippen MR) is 239 cm³/mol. The molecule has 2 atom stereocenters. The number of hydrogen-bond donors (Lipinski definition) is 0. The van der Waals surface area contributed by atoms with Crippen LogP contribution in [0, 0.1) is 11.8 Å². The van der Waals surface area contributed by atoms with Crippen LogP contribution < -0.4 is 20.6 Å². The van der Waals surface area contributed by atoms with Gasteiger partial charge in [-0.25, -0.2) is 15.0 Å². The van der Waals surface area contributed by atoms with Crippen LogP contribution in [0.15, 0.2) is 94.9 Å². The molecule has 6 aromatic rings. The van der Waals surface area contributed by atoms with Crippen LogP contribution >= 0.6 is 0 Å². The van der Waals surface area contributed by atoms with E-state index in [1.807, 2.05) is 62.4 Å². The molecular formula is C48H60N8O4. The summed E-state index contributed by atoms with van der Waals surface area (Å²) >= 11 is 0. The molecule has 6 heterocycles. The van der Waals surface area contributed by atoms with Gasteiger partial charge in [-0.05, 0) is 130 Å². The first-order valence-corrected chi connectivity index (χ1v) is 21.9. The molecule has 2 fully saturated rings. The summed E-state index contributed by atoms with van der Waals surface area (Å²) in [5.41, 5.74) is 2.60. The summed E-state index contributed by atoms with van der Waals surface area (Å²) < 4.78 is 15.2.